The molecule has 0 amide bonds. The zero-order chi connectivity index (χ0) is 24.5. The topological polar surface area (TPSA) is 74.0 Å². The Balaban J connectivity index is 1.79. The fraction of sp³-hybridized carbons (Fsp3) is 0.280. The average Bonchev–Trinajstić information content (AvgIpc) is 3.22. The molecule has 0 radical (unpaired) electrons. The molecule has 0 bridgehead atoms. The quantitative estimate of drug-likeness (QED) is 0.326. The Labute approximate surface area is 198 Å². The van der Waals surface area contributed by atoms with Crippen molar-refractivity contribution in [3.63, 3.8) is 0 Å². The van der Waals surface area contributed by atoms with Gasteiger partial charge >= 0.3 is 6.18 Å². The number of nitrogens with zero attached hydrogens (tertiary/aromatic N) is 2. The summed E-state index contributed by atoms with van der Waals surface area (Å²) < 4.78 is 60.8. The van der Waals surface area contributed by atoms with Gasteiger partial charge in [0.05, 0.1) is 6.04 Å². The van der Waals surface area contributed by atoms with E-state index in [2.05, 4.69) is 14.9 Å². The summed E-state index contributed by atoms with van der Waals surface area (Å²) in [5.41, 5.74) is 1.97. The van der Waals surface area contributed by atoms with Crippen LogP contribution < -0.4 is 4.72 Å². The summed E-state index contributed by atoms with van der Waals surface area (Å²) in [5, 5.41) is 5.06. The number of halogens is 3. The number of fused-ring (bicyclic) bond motifs is 1. The molecule has 0 aliphatic heterocycles. The molecule has 4 rings (SSSR count). The van der Waals surface area contributed by atoms with Gasteiger partial charge in [0.2, 0.25) is 0 Å². The van der Waals surface area contributed by atoms with Gasteiger partial charge < -0.3 is 9.08 Å². The van der Waals surface area contributed by atoms with Crippen molar-refractivity contribution in [2.45, 2.75) is 44.2 Å². The van der Waals surface area contributed by atoms with Gasteiger partial charge in [-0.3, -0.25) is 0 Å². The van der Waals surface area contributed by atoms with Crippen LogP contribution in [0.25, 0.3) is 22.2 Å². The summed E-state index contributed by atoms with van der Waals surface area (Å²) in [5.74, 6) is 0. The van der Waals surface area contributed by atoms with Crippen molar-refractivity contribution in [3.05, 3.63) is 83.7 Å². The largest absolute Gasteiger partial charge is 0.598 e. The number of rotatable bonds is 6. The minimum absolute atomic E-state index is 0.0958. The van der Waals surface area contributed by atoms with E-state index >= 15 is 0 Å². The first-order chi connectivity index (χ1) is 16.0. The minimum Gasteiger partial charge on any atom is -0.598 e. The molecule has 0 aliphatic rings. The third-order valence-electron chi connectivity index (χ3n) is 5.28. The predicted octanol–water partition coefficient (Wildman–Crippen LogP) is 6.24. The second-order valence-corrected chi connectivity index (χ2v) is 10.9. The number of nitrogens with one attached hydrogen (secondary N) is 1. The molecule has 5 nitrogen and oxygen atoms in total. The standard InChI is InChI=1S/C25H24F3N3O2S/c1-24(2,3)34(32)31-20(15-16-9-8-14-22(29-16)25(26,27)28)17-10-4-5-11-18(17)23-19-12-6-7-13-21(19)33-30-23/h4-14,20,31H,15H2,1-3H3/t20-,34-/m0/s1. The van der Waals surface area contributed by atoms with Crippen LogP contribution in [0.5, 0.6) is 0 Å². The molecule has 0 spiro atoms. The maximum Gasteiger partial charge on any atom is 0.433 e. The van der Waals surface area contributed by atoms with Gasteiger partial charge in [0.25, 0.3) is 0 Å². The first-order valence-corrected chi connectivity index (χ1v) is 11.8. The SMILES string of the molecule is CC(C)(C)[S@+]([O-])N[C@@H](Cc1cccc(C(F)(F)F)n1)c1ccccc1-c1noc2ccccc12. The molecule has 2 aromatic heterocycles. The van der Waals surface area contributed by atoms with Crippen molar-refractivity contribution < 1.29 is 22.2 Å². The van der Waals surface area contributed by atoms with E-state index in [9.17, 15) is 17.7 Å². The molecule has 0 aliphatic carbocycles. The first kappa shape index (κ1) is 24.3. The number of benzene rings is 2. The van der Waals surface area contributed by atoms with Crippen LogP contribution in [0.15, 0.2) is 71.3 Å². The Kier molecular flexibility index (Phi) is 6.71. The maximum absolute atomic E-state index is 13.2. The van der Waals surface area contributed by atoms with Crippen molar-refractivity contribution in [3.8, 4) is 11.3 Å². The maximum atomic E-state index is 13.2. The molecule has 0 saturated carbocycles. The van der Waals surface area contributed by atoms with E-state index in [1.54, 1.807) is 0 Å². The van der Waals surface area contributed by atoms with Crippen LogP contribution in [0.2, 0.25) is 0 Å². The van der Waals surface area contributed by atoms with Crippen molar-refractivity contribution in [2.75, 3.05) is 0 Å². The number of para-hydroxylation sites is 1. The number of aromatic nitrogens is 2. The van der Waals surface area contributed by atoms with Crippen LogP contribution >= 0.6 is 0 Å². The third-order valence-corrected chi connectivity index (χ3v) is 6.90. The van der Waals surface area contributed by atoms with Gasteiger partial charge in [0, 0.05) is 34.4 Å². The highest BCUT2D eigenvalue weighted by Gasteiger charge is 2.34. The lowest BCUT2D eigenvalue weighted by atomic mass is 9.94. The molecule has 2 heterocycles. The second kappa shape index (κ2) is 9.40. The van der Waals surface area contributed by atoms with E-state index in [1.807, 2.05) is 69.3 Å². The Morgan fingerprint density at radius 1 is 0.971 bits per heavy atom. The van der Waals surface area contributed by atoms with Gasteiger partial charge in [-0.15, -0.1) is 4.72 Å². The fourth-order valence-electron chi connectivity index (χ4n) is 3.58. The lowest BCUT2D eigenvalue weighted by Crippen LogP contribution is -2.42. The van der Waals surface area contributed by atoms with E-state index in [1.165, 1.54) is 12.1 Å². The normalized spacial score (nSPS) is 14.3. The summed E-state index contributed by atoms with van der Waals surface area (Å²) in [4.78, 5) is 3.82. The zero-order valence-electron chi connectivity index (χ0n) is 18.9. The highest BCUT2D eigenvalue weighted by atomic mass is 32.2. The lowest BCUT2D eigenvalue weighted by molar-refractivity contribution is -0.141. The fourth-order valence-corrected chi connectivity index (χ4v) is 4.40. The Morgan fingerprint density at radius 3 is 2.41 bits per heavy atom. The van der Waals surface area contributed by atoms with Crippen LogP contribution in [-0.4, -0.2) is 19.4 Å². The van der Waals surface area contributed by atoms with Gasteiger partial charge in [-0.25, -0.2) is 4.98 Å². The molecular weight excluding hydrogens is 463 g/mol. The summed E-state index contributed by atoms with van der Waals surface area (Å²) in [7, 11) is 0. The first-order valence-electron chi connectivity index (χ1n) is 10.7. The van der Waals surface area contributed by atoms with Crippen molar-refractivity contribution in [1.82, 2.24) is 14.9 Å². The molecule has 34 heavy (non-hydrogen) atoms. The van der Waals surface area contributed by atoms with Gasteiger partial charge in [-0.1, -0.05) is 47.6 Å². The zero-order valence-corrected chi connectivity index (χ0v) is 19.7. The molecule has 2 aromatic carbocycles. The van der Waals surface area contributed by atoms with E-state index in [0.717, 1.165) is 22.6 Å². The summed E-state index contributed by atoms with van der Waals surface area (Å²) in [6, 6.07) is 18.0. The van der Waals surface area contributed by atoms with E-state index in [0.29, 0.717) is 11.3 Å². The number of pyridine rings is 1. The van der Waals surface area contributed by atoms with Crippen molar-refractivity contribution in [1.29, 1.82) is 0 Å². The van der Waals surface area contributed by atoms with Crippen LogP contribution in [0.3, 0.4) is 0 Å². The molecule has 0 fully saturated rings. The second-order valence-electron chi connectivity index (χ2n) is 8.88. The van der Waals surface area contributed by atoms with Gasteiger partial charge in [-0.05, 0) is 50.6 Å². The molecule has 4 aromatic rings. The van der Waals surface area contributed by atoms with Crippen LogP contribution in [-0.2, 0) is 24.0 Å². The molecule has 0 unspecified atom stereocenters. The lowest BCUT2D eigenvalue weighted by Gasteiger charge is -2.29. The van der Waals surface area contributed by atoms with E-state index in [-0.39, 0.29) is 12.1 Å². The van der Waals surface area contributed by atoms with Gasteiger partial charge in [-0.2, -0.15) is 13.2 Å². The Morgan fingerprint density at radius 2 is 1.68 bits per heavy atom. The highest BCUT2D eigenvalue weighted by molar-refractivity contribution is 7.90. The number of hydrogen-bond acceptors (Lipinski definition) is 5. The molecule has 0 saturated heterocycles. The van der Waals surface area contributed by atoms with E-state index < -0.39 is 34.0 Å². The van der Waals surface area contributed by atoms with Crippen molar-refractivity contribution >= 4 is 22.3 Å². The number of alkyl halides is 3. The molecule has 178 valence electrons. The van der Waals surface area contributed by atoms with E-state index in [4.69, 9.17) is 4.52 Å². The molecule has 9 heteroatoms. The molecular formula is C25H24F3N3O2S. The van der Waals surface area contributed by atoms with Gasteiger partial charge in [0.1, 0.15) is 16.1 Å². The highest BCUT2D eigenvalue weighted by Crippen LogP contribution is 2.35. The van der Waals surface area contributed by atoms with Crippen LogP contribution in [0, 0.1) is 0 Å². The van der Waals surface area contributed by atoms with Crippen molar-refractivity contribution in [2.24, 2.45) is 0 Å². The number of hydrogen-bond donors (Lipinski definition) is 1. The smallest absolute Gasteiger partial charge is 0.433 e. The minimum atomic E-state index is -4.55. The third kappa shape index (κ3) is 5.27. The predicted molar refractivity (Wildman–Crippen MR) is 126 cm³/mol. The molecule has 2 atom stereocenters. The summed E-state index contributed by atoms with van der Waals surface area (Å²) in [6.07, 6.45) is -4.46. The van der Waals surface area contributed by atoms with Gasteiger partial charge in [0.15, 0.2) is 5.58 Å². The summed E-state index contributed by atoms with van der Waals surface area (Å²) >= 11 is -1.49. The van der Waals surface area contributed by atoms with Crippen LogP contribution in [0.4, 0.5) is 13.2 Å². The molecule has 1 N–H and O–H groups in total. The monoisotopic (exact) mass is 487 g/mol. The van der Waals surface area contributed by atoms with Crippen LogP contribution in [0.1, 0.15) is 43.8 Å². The Hall–Kier alpha value is -2.88. The average molecular weight is 488 g/mol. The summed E-state index contributed by atoms with van der Waals surface area (Å²) in [6.45, 7) is 5.48. The Bertz CT molecular complexity index is 1280.